The minimum Gasteiger partial charge on any atom is -0.508 e. The van der Waals surface area contributed by atoms with Crippen molar-refractivity contribution in [2.75, 3.05) is 11.9 Å². The predicted molar refractivity (Wildman–Crippen MR) is 58.0 cm³/mol. The van der Waals surface area contributed by atoms with Crippen LogP contribution in [0.25, 0.3) is 0 Å². The van der Waals surface area contributed by atoms with Gasteiger partial charge in [-0.1, -0.05) is 0 Å². The summed E-state index contributed by atoms with van der Waals surface area (Å²) in [4.78, 5) is 4.34. The molecule has 74 valence electrons. The lowest BCUT2D eigenvalue weighted by molar-refractivity contribution is 0.475. The second kappa shape index (κ2) is 3.70. The molecule has 0 radical (unpaired) electrons. The molecule has 14 heavy (non-hydrogen) atoms. The van der Waals surface area contributed by atoms with Crippen LogP contribution in [0.2, 0.25) is 0 Å². The van der Waals surface area contributed by atoms with Crippen LogP contribution in [-0.2, 0) is 0 Å². The molecule has 3 nitrogen and oxygen atoms in total. The first-order valence-electron chi connectivity index (χ1n) is 4.86. The van der Waals surface area contributed by atoms with Crippen LogP contribution < -0.4 is 5.32 Å². The summed E-state index contributed by atoms with van der Waals surface area (Å²) < 4.78 is 0. The number of hydrogen-bond acceptors (Lipinski definition) is 3. The molecule has 0 aromatic heterocycles. The van der Waals surface area contributed by atoms with Crippen LogP contribution in [0.3, 0.4) is 0 Å². The van der Waals surface area contributed by atoms with E-state index in [1.54, 1.807) is 12.1 Å². The summed E-state index contributed by atoms with van der Waals surface area (Å²) in [7, 11) is 0. The van der Waals surface area contributed by atoms with Gasteiger partial charge in [0.2, 0.25) is 0 Å². The van der Waals surface area contributed by atoms with Crippen LogP contribution in [0.15, 0.2) is 23.2 Å². The van der Waals surface area contributed by atoms with Gasteiger partial charge in [-0.3, -0.25) is 4.99 Å². The fraction of sp³-hybridized carbons (Fsp3) is 0.364. The summed E-state index contributed by atoms with van der Waals surface area (Å²) in [5, 5.41) is 12.5. The van der Waals surface area contributed by atoms with Crippen molar-refractivity contribution in [3.8, 4) is 5.75 Å². The maximum atomic E-state index is 9.24. The van der Waals surface area contributed by atoms with Gasteiger partial charge < -0.3 is 10.4 Å². The van der Waals surface area contributed by atoms with E-state index in [4.69, 9.17) is 0 Å². The first-order chi connectivity index (χ1) is 6.75. The van der Waals surface area contributed by atoms with Crippen molar-refractivity contribution in [2.24, 2.45) is 4.99 Å². The van der Waals surface area contributed by atoms with Gasteiger partial charge in [0.25, 0.3) is 0 Å². The molecule has 1 aliphatic heterocycles. The summed E-state index contributed by atoms with van der Waals surface area (Å²) in [6.45, 7) is 2.90. The lowest BCUT2D eigenvalue weighted by Gasteiger charge is -2.08. The standard InChI is InChI=1S/C11H14N2O/c1-8-7-9(14)4-5-10(8)13-11-3-2-6-12-11/h4-5,7,14H,2-3,6H2,1H3,(H,12,13). The van der Waals surface area contributed by atoms with E-state index in [1.807, 2.05) is 13.0 Å². The molecule has 2 rings (SSSR count). The van der Waals surface area contributed by atoms with Gasteiger partial charge in [0.05, 0.1) is 0 Å². The molecule has 0 amide bonds. The quantitative estimate of drug-likeness (QED) is 0.667. The van der Waals surface area contributed by atoms with Gasteiger partial charge in [-0.25, -0.2) is 0 Å². The Hall–Kier alpha value is -1.51. The van der Waals surface area contributed by atoms with Crippen molar-refractivity contribution >= 4 is 11.5 Å². The van der Waals surface area contributed by atoms with E-state index >= 15 is 0 Å². The number of aliphatic imine (C=N–C) groups is 1. The second-order valence-corrected chi connectivity index (χ2v) is 3.56. The van der Waals surface area contributed by atoms with Crippen LogP contribution >= 0.6 is 0 Å². The Morgan fingerprint density at radius 3 is 2.93 bits per heavy atom. The number of nitrogens with zero attached hydrogens (tertiary/aromatic N) is 1. The zero-order valence-electron chi connectivity index (χ0n) is 8.25. The van der Waals surface area contributed by atoms with Crippen molar-refractivity contribution in [3.63, 3.8) is 0 Å². The summed E-state index contributed by atoms with van der Waals surface area (Å²) >= 11 is 0. The average molecular weight is 190 g/mol. The van der Waals surface area contributed by atoms with E-state index in [2.05, 4.69) is 10.3 Å². The maximum Gasteiger partial charge on any atom is 0.115 e. The number of phenolic OH excluding ortho intramolecular Hbond substituents is 1. The number of amidine groups is 1. The van der Waals surface area contributed by atoms with Gasteiger partial charge in [0.15, 0.2) is 0 Å². The Kier molecular flexibility index (Phi) is 2.39. The summed E-state index contributed by atoms with van der Waals surface area (Å²) in [5.74, 6) is 1.36. The number of benzene rings is 1. The third kappa shape index (κ3) is 1.87. The molecule has 1 aromatic carbocycles. The van der Waals surface area contributed by atoms with Gasteiger partial charge in [0.1, 0.15) is 11.6 Å². The normalized spacial score (nSPS) is 15.4. The van der Waals surface area contributed by atoms with Gasteiger partial charge in [-0.15, -0.1) is 0 Å². The summed E-state index contributed by atoms with van der Waals surface area (Å²) in [6.07, 6.45) is 2.17. The number of nitrogens with one attached hydrogen (secondary N) is 1. The van der Waals surface area contributed by atoms with Crippen LogP contribution in [0.5, 0.6) is 5.75 Å². The SMILES string of the molecule is Cc1cc(O)ccc1NC1=NCCC1. The molecule has 1 heterocycles. The number of rotatable bonds is 1. The smallest absolute Gasteiger partial charge is 0.115 e. The molecular formula is C11H14N2O. The first-order valence-corrected chi connectivity index (χ1v) is 4.86. The molecule has 1 aromatic rings. The maximum absolute atomic E-state index is 9.24. The van der Waals surface area contributed by atoms with Crippen LogP contribution in [-0.4, -0.2) is 17.5 Å². The predicted octanol–water partition coefficient (Wildman–Crippen LogP) is 2.30. The molecule has 2 N–H and O–H groups in total. The molecule has 0 atom stereocenters. The monoisotopic (exact) mass is 190 g/mol. The lowest BCUT2D eigenvalue weighted by Crippen LogP contribution is -2.09. The molecule has 0 saturated heterocycles. The van der Waals surface area contributed by atoms with Gasteiger partial charge in [-0.05, 0) is 37.1 Å². The largest absolute Gasteiger partial charge is 0.508 e. The van der Waals surface area contributed by atoms with Crippen LogP contribution in [0.4, 0.5) is 5.69 Å². The highest BCUT2D eigenvalue weighted by Crippen LogP contribution is 2.21. The van der Waals surface area contributed by atoms with E-state index in [-0.39, 0.29) is 0 Å². The lowest BCUT2D eigenvalue weighted by atomic mass is 10.2. The molecule has 0 fully saturated rings. The molecule has 0 unspecified atom stereocenters. The third-order valence-electron chi connectivity index (χ3n) is 2.36. The van der Waals surface area contributed by atoms with Crippen molar-refractivity contribution in [1.82, 2.24) is 0 Å². The van der Waals surface area contributed by atoms with Gasteiger partial charge in [-0.2, -0.15) is 0 Å². The summed E-state index contributed by atoms with van der Waals surface area (Å²) in [5.41, 5.74) is 2.07. The molecule has 0 saturated carbocycles. The topological polar surface area (TPSA) is 44.6 Å². The number of aryl methyl sites for hydroxylation is 1. The zero-order chi connectivity index (χ0) is 9.97. The molecule has 0 spiro atoms. The number of phenols is 1. The van der Waals surface area contributed by atoms with Gasteiger partial charge in [0, 0.05) is 18.7 Å². The van der Waals surface area contributed by atoms with E-state index in [0.29, 0.717) is 5.75 Å². The number of anilines is 1. The minimum atomic E-state index is 0.307. The Morgan fingerprint density at radius 2 is 2.29 bits per heavy atom. The summed E-state index contributed by atoms with van der Waals surface area (Å²) in [6, 6.07) is 5.31. The molecule has 1 aliphatic rings. The van der Waals surface area contributed by atoms with Crippen molar-refractivity contribution in [3.05, 3.63) is 23.8 Å². The fourth-order valence-corrected chi connectivity index (χ4v) is 1.59. The highest BCUT2D eigenvalue weighted by atomic mass is 16.3. The van der Waals surface area contributed by atoms with Crippen LogP contribution in [0, 0.1) is 6.92 Å². The zero-order valence-corrected chi connectivity index (χ0v) is 8.25. The number of hydrogen-bond donors (Lipinski definition) is 2. The Balaban J connectivity index is 2.16. The number of aromatic hydroxyl groups is 1. The second-order valence-electron chi connectivity index (χ2n) is 3.56. The Bertz CT molecular complexity index is 372. The molecule has 3 heteroatoms. The third-order valence-corrected chi connectivity index (χ3v) is 2.36. The van der Waals surface area contributed by atoms with Crippen molar-refractivity contribution < 1.29 is 5.11 Å². The minimum absolute atomic E-state index is 0.307. The van der Waals surface area contributed by atoms with Crippen molar-refractivity contribution in [2.45, 2.75) is 19.8 Å². The molecule has 0 bridgehead atoms. The fourth-order valence-electron chi connectivity index (χ4n) is 1.59. The van der Waals surface area contributed by atoms with E-state index in [1.165, 1.54) is 0 Å². The Morgan fingerprint density at radius 1 is 1.43 bits per heavy atom. The first kappa shape index (κ1) is 9.06. The molecular weight excluding hydrogens is 176 g/mol. The Labute approximate surface area is 83.5 Å². The van der Waals surface area contributed by atoms with E-state index in [0.717, 1.165) is 36.5 Å². The van der Waals surface area contributed by atoms with E-state index < -0.39 is 0 Å². The highest BCUT2D eigenvalue weighted by molar-refractivity contribution is 5.97. The van der Waals surface area contributed by atoms with Crippen molar-refractivity contribution in [1.29, 1.82) is 0 Å². The van der Waals surface area contributed by atoms with Crippen LogP contribution in [0.1, 0.15) is 18.4 Å². The highest BCUT2D eigenvalue weighted by Gasteiger charge is 2.07. The van der Waals surface area contributed by atoms with E-state index in [9.17, 15) is 5.11 Å². The average Bonchev–Trinajstić information content (AvgIpc) is 2.62. The van der Waals surface area contributed by atoms with Gasteiger partial charge >= 0.3 is 0 Å². The molecule has 0 aliphatic carbocycles.